The summed E-state index contributed by atoms with van der Waals surface area (Å²) in [6.07, 6.45) is -4.90. The van der Waals surface area contributed by atoms with Crippen molar-refractivity contribution in [2.75, 3.05) is 12.4 Å². The number of benzene rings is 1. The van der Waals surface area contributed by atoms with Gasteiger partial charge in [-0.25, -0.2) is 18.4 Å². The Balaban J connectivity index is 2.23. The van der Waals surface area contributed by atoms with Gasteiger partial charge >= 0.3 is 12.1 Å². The van der Waals surface area contributed by atoms with Gasteiger partial charge in [0.1, 0.15) is 5.76 Å². The normalized spacial score (nSPS) is 12.0. The minimum Gasteiger partial charge on any atom is -0.463 e. The monoisotopic (exact) mass is 378 g/mol. The van der Waals surface area contributed by atoms with Gasteiger partial charge in [-0.3, -0.25) is 0 Å². The summed E-state index contributed by atoms with van der Waals surface area (Å²) >= 11 is 0. The third kappa shape index (κ3) is 4.51. The molecule has 0 aliphatic rings. The largest absolute Gasteiger partial charge is 0.463 e. The quantitative estimate of drug-likeness (QED) is 0.773. The molecule has 0 bridgehead atoms. The number of alkyl halides is 3. The summed E-state index contributed by atoms with van der Waals surface area (Å²) in [4.78, 5) is 10.2. The number of sulfonamides is 1. The van der Waals surface area contributed by atoms with Crippen molar-refractivity contribution >= 4 is 21.7 Å². The van der Waals surface area contributed by atoms with Crippen molar-refractivity contribution in [3.05, 3.63) is 47.4 Å². The summed E-state index contributed by atoms with van der Waals surface area (Å²) in [6, 6.07) is 5.34. The molecule has 0 saturated carbocycles. The molecule has 0 amide bonds. The van der Waals surface area contributed by atoms with Crippen LogP contribution in [0.2, 0.25) is 0 Å². The van der Waals surface area contributed by atoms with E-state index in [0.29, 0.717) is 6.07 Å². The second kappa shape index (κ2) is 6.76. The van der Waals surface area contributed by atoms with Crippen LogP contribution >= 0.6 is 0 Å². The number of ether oxygens (including phenoxy) is 1. The predicted octanol–water partition coefficient (Wildman–Crippen LogP) is 2.34. The van der Waals surface area contributed by atoms with Crippen molar-refractivity contribution in [3.63, 3.8) is 0 Å². The van der Waals surface area contributed by atoms with E-state index in [0.717, 1.165) is 12.1 Å². The predicted molar refractivity (Wildman–Crippen MR) is 80.2 cm³/mol. The molecule has 0 unspecified atom stereocenters. The first kappa shape index (κ1) is 18.8. The maximum atomic E-state index is 13.0. The number of halogens is 3. The van der Waals surface area contributed by atoms with Gasteiger partial charge in [0, 0.05) is 5.69 Å². The lowest BCUT2D eigenvalue weighted by Crippen LogP contribution is -2.19. The van der Waals surface area contributed by atoms with Crippen LogP contribution in [0.3, 0.4) is 0 Å². The molecule has 3 N–H and O–H groups in total. The molecule has 25 heavy (non-hydrogen) atoms. The van der Waals surface area contributed by atoms with Crippen LogP contribution in [0.5, 0.6) is 0 Å². The van der Waals surface area contributed by atoms with E-state index >= 15 is 0 Å². The minimum absolute atomic E-state index is 0.00394. The number of furan rings is 1. The number of nitrogens with one attached hydrogen (secondary N) is 1. The van der Waals surface area contributed by atoms with Gasteiger partial charge in [-0.15, -0.1) is 0 Å². The fraction of sp³-hybridized carbons (Fsp3) is 0.214. The van der Waals surface area contributed by atoms with E-state index in [1.54, 1.807) is 0 Å². The third-order valence-electron chi connectivity index (χ3n) is 3.11. The maximum absolute atomic E-state index is 13.0. The molecule has 136 valence electrons. The van der Waals surface area contributed by atoms with Gasteiger partial charge in [0.25, 0.3) is 0 Å². The van der Waals surface area contributed by atoms with Crippen LogP contribution in [0.1, 0.15) is 21.9 Å². The van der Waals surface area contributed by atoms with E-state index < -0.39 is 32.6 Å². The zero-order valence-corrected chi connectivity index (χ0v) is 13.6. The number of rotatable bonds is 5. The minimum atomic E-state index is -4.90. The molecular formula is C14H13F3N2O5S. The number of methoxy groups -OCH3 is 1. The van der Waals surface area contributed by atoms with Crippen LogP contribution in [0.15, 0.2) is 39.6 Å². The summed E-state index contributed by atoms with van der Waals surface area (Å²) in [5, 5.41) is 7.45. The number of carbonyl (C=O) groups excluding carboxylic acids is 1. The standard InChI is InChI=1S/C14H13F3N2O5S/c1-23-13(20)11-4-3-9(24-11)7-19-8-2-5-12(25(18,21)22)10(6-8)14(15,16)17/h2-6,19H,7H2,1H3,(H2,18,21,22). The number of anilines is 1. The molecule has 1 aromatic heterocycles. The number of hydrogen-bond acceptors (Lipinski definition) is 6. The lowest BCUT2D eigenvalue weighted by Gasteiger charge is -2.14. The van der Waals surface area contributed by atoms with Crippen molar-refractivity contribution in [1.29, 1.82) is 0 Å². The Hall–Kier alpha value is -2.53. The molecule has 0 aliphatic carbocycles. The molecule has 11 heteroatoms. The second-order valence-corrected chi connectivity index (χ2v) is 6.39. The third-order valence-corrected chi connectivity index (χ3v) is 4.08. The molecule has 2 aromatic rings. The second-order valence-electron chi connectivity index (χ2n) is 4.86. The SMILES string of the molecule is COC(=O)c1ccc(CNc2ccc(S(N)(=O)=O)c(C(F)(F)F)c2)o1. The summed E-state index contributed by atoms with van der Waals surface area (Å²) in [7, 11) is -3.35. The van der Waals surface area contributed by atoms with E-state index in [2.05, 4.69) is 10.1 Å². The number of nitrogens with two attached hydrogens (primary N) is 1. The van der Waals surface area contributed by atoms with Crippen LogP contribution in [-0.2, 0) is 27.5 Å². The Labute approximate surface area is 140 Å². The molecule has 1 aromatic carbocycles. The van der Waals surface area contributed by atoms with Crippen molar-refractivity contribution in [2.24, 2.45) is 5.14 Å². The van der Waals surface area contributed by atoms with Gasteiger partial charge in [0.15, 0.2) is 0 Å². The molecule has 0 saturated heterocycles. The highest BCUT2D eigenvalue weighted by Crippen LogP contribution is 2.35. The number of primary sulfonamides is 1. The molecule has 0 aliphatic heterocycles. The van der Waals surface area contributed by atoms with Gasteiger partial charge in [0.05, 0.1) is 24.1 Å². The molecule has 0 radical (unpaired) electrons. The smallest absolute Gasteiger partial charge is 0.417 e. The first-order chi connectivity index (χ1) is 11.5. The van der Waals surface area contributed by atoms with Crippen LogP contribution < -0.4 is 10.5 Å². The Morgan fingerprint density at radius 2 is 1.96 bits per heavy atom. The average molecular weight is 378 g/mol. The number of hydrogen-bond donors (Lipinski definition) is 2. The topological polar surface area (TPSA) is 112 Å². The summed E-state index contributed by atoms with van der Waals surface area (Å²) in [6.45, 7) is -0.0387. The van der Waals surface area contributed by atoms with E-state index in [1.165, 1.54) is 19.2 Å². The van der Waals surface area contributed by atoms with Gasteiger partial charge in [-0.1, -0.05) is 0 Å². The Morgan fingerprint density at radius 3 is 2.52 bits per heavy atom. The highest BCUT2D eigenvalue weighted by molar-refractivity contribution is 7.89. The summed E-state index contributed by atoms with van der Waals surface area (Å²) in [5.41, 5.74) is -1.38. The van der Waals surface area contributed by atoms with Gasteiger partial charge in [-0.05, 0) is 30.3 Å². The molecule has 0 atom stereocenters. The lowest BCUT2D eigenvalue weighted by molar-refractivity contribution is -0.139. The Bertz CT molecular complexity index is 890. The number of carbonyl (C=O) groups is 1. The van der Waals surface area contributed by atoms with Crippen molar-refractivity contribution in [2.45, 2.75) is 17.6 Å². The molecule has 7 nitrogen and oxygen atoms in total. The van der Waals surface area contributed by atoms with E-state index in [9.17, 15) is 26.4 Å². The van der Waals surface area contributed by atoms with Crippen molar-refractivity contribution < 1.29 is 35.5 Å². The molecule has 0 spiro atoms. The summed E-state index contributed by atoms with van der Waals surface area (Å²) < 4.78 is 71.3. The first-order valence-electron chi connectivity index (χ1n) is 6.67. The summed E-state index contributed by atoms with van der Waals surface area (Å²) in [5.74, 6) is -0.479. The fourth-order valence-electron chi connectivity index (χ4n) is 1.98. The Kier molecular flexibility index (Phi) is 5.09. The fourth-order valence-corrected chi connectivity index (χ4v) is 2.72. The lowest BCUT2D eigenvalue weighted by atomic mass is 10.2. The highest BCUT2D eigenvalue weighted by atomic mass is 32.2. The molecule has 1 heterocycles. The maximum Gasteiger partial charge on any atom is 0.417 e. The van der Waals surface area contributed by atoms with E-state index in [-0.39, 0.29) is 23.8 Å². The van der Waals surface area contributed by atoms with Crippen molar-refractivity contribution in [3.8, 4) is 0 Å². The van der Waals surface area contributed by atoms with Crippen LogP contribution in [0.25, 0.3) is 0 Å². The van der Waals surface area contributed by atoms with Crippen LogP contribution in [0.4, 0.5) is 18.9 Å². The molecule has 0 fully saturated rings. The van der Waals surface area contributed by atoms with Crippen LogP contribution in [0, 0.1) is 0 Å². The van der Waals surface area contributed by atoms with Crippen molar-refractivity contribution in [1.82, 2.24) is 0 Å². The molecular weight excluding hydrogens is 365 g/mol. The van der Waals surface area contributed by atoms with E-state index in [1.807, 2.05) is 0 Å². The van der Waals surface area contributed by atoms with Crippen LogP contribution in [-0.4, -0.2) is 21.5 Å². The average Bonchev–Trinajstić information content (AvgIpc) is 2.99. The first-order valence-corrected chi connectivity index (χ1v) is 8.22. The van der Waals surface area contributed by atoms with Gasteiger partial charge in [0.2, 0.25) is 15.8 Å². The van der Waals surface area contributed by atoms with Gasteiger partial charge in [-0.2, -0.15) is 13.2 Å². The van der Waals surface area contributed by atoms with Gasteiger partial charge < -0.3 is 14.5 Å². The highest BCUT2D eigenvalue weighted by Gasteiger charge is 2.36. The molecule has 2 rings (SSSR count). The number of esters is 1. The van der Waals surface area contributed by atoms with E-state index in [4.69, 9.17) is 9.56 Å². The zero-order chi connectivity index (χ0) is 18.8. The Morgan fingerprint density at radius 1 is 1.28 bits per heavy atom. The zero-order valence-electron chi connectivity index (χ0n) is 12.8.